The highest BCUT2D eigenvalue weighted by atomic mass is 16.6. The van der Waals surface area contributed by atoms with Crippen molar-refractivity contribution < 1.29 is 28.6 Å². The van der Waals surface area contributed by atoms with Crippen LogP contribution in [-0.2, 0) is 28.6 Å². The second-order valence-corrected chi connectivity index (χ2v) is 17.1. The maximum Gasteiger partial charge on any atom is 0.306 e. The molecule has 6 nitrogen and oxygen atoms in total. The van der Waals surface area contributed by atoms with Gasteiger partial charge in [0.1, 0.15) is 13.2 Å². The topological polar surface area (TPSA) is 78.9 Å². The molecule has 0 saturated carbocycles. The summed E-state index contributed by atoms with van der Waals surface area (Å²) >= 11 is 0. The standard InChI is InChI=1S/C64H96O6/c1-4-7-10-13-16-19-22-25-28-31-32-34-36-39-42-45-48-51-54-57-63(66)69-60-61(59-68-62(65)56-53-50-47-44-41-38-35-30-27-24-21-18-15-12-9-6-3)70-64(67)58-55-52-49-46-43-40-37-33-29-26-23-20-17-14-11-8-5-2/h7-12,14,16-21,23,25-30,32-34,37-38,40-41,43,61H,4-6,13,15,22,24,31,35-36,39,42,44-60H2,1-3H3/b10-7-,11-8-,12-9-,17-14-,19-16-,21-18-,23-20-,28-25-,29-26-,30-27-,34-32-,37-33+,41-38-,43-40-. The van der Waals surface area contributed by atoms with Gasteiger partial charge in [0.05, 0.1) is 0 Å². The maximum absolute atomic E-state index is 12.8. The van der Waals surface area contributed by atoms with Gasteiger partial charge >= 0.3 is 17.9 Å². The van der Waals surface area contributed by atoms with Gasteiger partial charge in [-0.25, -0.2) is 0 Å². The van der Waals surface area contributed by atoms with Crippen molar-refractivity contribution in [1.82, 2.24) is 0 Å². The summed E-state index contributed by atoms with van der Waals surface area (Å²) in [5.74, 6) is -1.03. The molecule has 0 aliphatic rings. The molecular formula is C64H96O6. The van der Waals surface area contributed by atoms with Crippen LogP contribution in [0.4, 0.5) is 0 Å². The molecule has 388 valence electrons. The van der Waals surface area contributed by atoms with Gasteiger partial charge in [-0.2, -0.15) is 0 Å². The van der Waals surface area contributed by atoms with Gasteiger partial charge in [0.2, 0.25) is 0 Å². The number of carbonyl (C=O) groups excluding carboxylic acids is 3. The van der Waals surface area contributed by atoms with Crippen LogP contribution in [0.2, 0.25) is 0 Å². The van der Waals surface area contributed by atoms with E-state index in [1.54, 1.807) is 0 Å². The number of rotatable bonds is 46. The molecule has 1 atom stereocenters. The molecular weight excluding hydrogens is 865 g/mol. The SMILES string of the molecule is CC\C=C/C=C\C=C/C=C\C=C\C=C/CCCCCC(=O)OC(COC(=O)CCCCC/C=C\C/C=C\C/C=C\C/C=C\CC)COC(=O)CCCCCCCC/C=C\C/C=C\C/C=C\C/C=C\CC. The van der Waals surface area contributed by atoms with Gasteiger partial charge in [-0.05, 0) is 116 Å². The van der Waals surface area contributed by atoms with Gasteiger partial charge in [-0.3, -0.25) is 14.4 Å². The first-order valence-electron chi connectivity index (χ1n) is 27.2. The molecule has 0 aromatic rings. The van der Waals surface area contributed by atoms with Crippen LogP contribution >= 0.6 is 0 Å². The average molecular weight is 961 g/mol. The lowest BCUT2D eigenvalue weighted by atomic mass is 10.1. The Balaban J connectivity index is 4.60. The molecule has 0 N–H and O–H groups in total. The predicted molar refractivity (Wildman–Crippen MR) is 301 cm³/mol. The molecule has 0 aromatic heterocycles. The second kappa shape index (κ2) is 56.4. The number of ether oxygens (including phenoxy) is 3. The lowest BCUT2D eigenvalue weighted by Crippen LogP contribution is -2.30. The largest absolute Gasteiger partial charge is 0.462 e. The molecule has 0 spiro atoms. The van der Waals surface area contributed by atoms with Gasteiger partial charge in [-0.1, -0.05) is 229 Å². The summed E-state index contributed by atoms with van der Waals surface area (Å²) < 4.78 is 16.8. The van der Waals surface area contributed by atoms with Crippen LogP contribution in [0.3, 0.4) is 0 Å². The minimum absolute atomic E-state index is 0.124. The Labute approximate surface area is 428 Å². The van der Waals surface area contributed by atoms with Crippen LogP contribution in [0.25, 0.3) is 0 Å². The van der Waals surface area contributed by atoms with E-state index in [1.165, 1.54) is 12.8 Å². The fraction of sp³-hybridized carbons (Fsp3) is 0.516. The number of hydrogen-bond acceptors (Lipinski definition) is 6. The van der Waals surface area contributed by atoms with E-state index in [9.17, 15) is 14.4 Å². The van der Waals surface area contributed by atoms with Crippen LogP contribution in [-0.4, -0.2) is 37.2 Å². The number of carbonyl (C=O) groups is 3. The summed E-state index contributed by atoms with van der Waals surface area (Å²) in [7, 11) is 0. The smallest absolute Gasteiger partial charge is 0.306 e. The van der Waals surface area contributed by atoms with Crippen molar-refractivity contribution in [3.8, 4) is 0 Å². The third-order valence-electron chi connectivity index (χ3n) is 10.6. The predicted octanol–water partition coefficient (Wildman–Crippen LogP) is 18.4. The van der Waals surface area contributed by atoms with Crippen molar-refractivity contribution in [3.63, 3.8) is 0 Å². The molecule has 0 amide bonds. The highest BCUT2D eigenvalue weighted by Gasteiger charge is 2.19. The second-order valence-electron chi connectivity index (χ2n) is 17.1. The number of unbranched alkanes of at least 4 members (excludes halogenated alkanes) is 12. The highest BCUT2D eigenvalue weighted by molar-refractivity contribution is 5.71. The van der Waals surface area contributed by atoms with Crippen LogP contribution < -0.4 is 0 Å². The first kappa shape index (κ1) is 64.8. The molecule has 0 aliphatic heterocycles. The average Bonchev–Trinajstić information content (AvgIpc) is 3.36. The summed E-state index contributed by atoms with van der Waals surface area (Å²) in [6.45, 7) is 6.16. The van der Waals surface area contributed by atoms with E-state index < -0.39 is 6.10 Å². The molecule has 0 aromatic carbocycles. The highest BCUT2D eigenvalue weighted by Crippen LogP contribution is 2.12. The Morgan fingerprint density at radius 3 is 0.986 bits per heavy atom. The summed E-state index contributed by atoms with van der Waals surface area (Å²) in [4.78, 5) is 38.1. The van der Waals surface area contributed by atoms with E-state index in [0.717, 1.165) is 135 Å². The summed E-state index contributed by atoms with van der Waals surface area (Å²) in [5, 5.41) is 0. The summed E-state index contributed by atoms with van der Waals surface area (Å²) in [5.41, 5.74) is 0. The minimum atomic E-state index is -0.831. The van der Waals surface area contributed by atoms with Crippen LogP contribution in [0, 0.1) is 0 Å². The fourth-order valence-corrected chi connectivity index (χ4v) is 6.63. The van der Waals surface area contributed by atoms with Gasteiger partial charge < -0.3 is 14.2 Å². The van der Waals surface area contributed by atoms with E-state index in [-0.39, 0.29) is 37.5 Å². The normalized spacial score (nSPS) is 13.5. The van der Waals surface area contributed by atoms with E-state index in [4.69, 9.17) is 14.2 Å². The van der Waals surface area contributed by atoms with Crippen molar-refractivity contribution in [3.05, 3.63) is 170 Å². The Kier molecular flexibility index (Phi) is 52.1. The van der Waals surface area contributed by atoms with E-state index in [0.29, 0.717) is 19.3 Å². The van der Waals surface area contributed by atoms with Crippen LogP contribution in [0.1, 0.15) is 194 Å². The van der Waals surface area contributed by atoms with Crippen molar-refractivity contribution in [2.45, 2.75) is 200 Å². The van der Waals surface area contributed by atoms with E-state index >= 15 is 0 Å². The van der Waals surface area contributed by atoms with Gasteiger partial charge in [0, 0.05) is 19.3 Å². The summed E-state index contributed by atoms with van der Waals surface area (Å²) in [6, 6.07) is 0. The third kappa shape index (κ3) is 53.7. The van der Waals surface area contributed by atoms with Crippen LogP contribution in [0.15, 0.2) is 170 Å². The Morgan fingerprint density at radius 2 is 0.586 bits per heavy atom. The van der Waals surface area contributed by atoms with Crippen molar-refractivity contribution in [1.29, 1.82) is 0 Å². The fourth-order valence-electron chi connectivity index (χ4n) is 6.63. The minimum Gasteiger partial charge on any atom is -0.462 e. The van der Waals surface area contributed by atoms with Crippen molar-refractivity contribution in [2.75, 3.05) is 13.2 Å². The molecule has 70 heavy (non-hydrogen) atoms. The quantitative estimate of drug-likeness (QED) is 0.0199. The molecule has 0 fully saturated rings. The van der Waals surface area contributed by atoms with Gasteiger partial charge in [-0.15, -0.1) is 0 Å². The van der Waals surface area contributed by atoms with Gasteiger partial charge in [0.15, 0.2) is 6.10 Å². The monoisotopic (exact) mass is 961 g/mol. The molecule has 0 radical (unpaired) electrons. The summed E-state index contributed by atoms with van der Waals surface area (Å²) in [6.07, 6.45) is 83.3. The zero-order chi connectivity index (χ0) is 50.7. The van der Waals surface area contributed by atoms with Gasteiger partial charge in [0.25, 0.3) is 0 Å². The zero-order valence-electron chi connectivity index (χ0n) is 44.2. The Hall–Kier alpha value is -5.23. The molecule has 0 aliphatic carbocycles. The third-order valence-corrected chi connectivity index (χ3v) is 10.6. The first-order valence-corrected chi connectivity index (χ1v) is 27.2. The zero-order valence-corrected chi connectivity index (χ0v) is 44.2. The Bertz CT molecular complexity index is 1670. The Morgan fingerprint density at radius 1 is 0.300 bits per heavy atom. The first-order chi connectivity index (χ1) is 34.5. The van der Waals surface area contributed by atoms with E-state index in [1.807, 2.05) is 60.8 Å². The molecule has 0 bridgehead atoms. The number of esters is 3. The molecule has 0 rings (SSSR count). The lowest BCUT2D eigenvalue weighted by Gasteiger charge is -2.18. The molecule has 6 heteroatoms. The van der Waals surface area contributed by atoms with Crippen molar-refractivity contribution in [2.24, 2.45) is 0 Å². The van der Waals surface area contributed by atoms with Crippen LogP contribution in [0.5, 0.6) is 0 Å². The molecule has 0 saturated heterocycles. The number of allylic oxidation sites excluding steroid dienone is 28. The maximum atomic E-state index is 12.8. The number of hydrogen-bond donors (Lipinski definition) is 0. The lowest BCUT2D eigenvalue weighted by molar-refractivity contribution is -0.167. The van der Waals surface area contributed by atoms with Crippen molar-refractivity contribution >= 4 is 17.9 Å². The van der Waals surface area contributed by atoms with E-state index in [2.05, 4.69) is 130 Å². The molecule has 1 unspecified atom stereocenters. The molecule has 0 heterocycles.